The van der Waals surface area contributed by atoms with Crippen molar-refractivity contribution < 1.29 is 9.84 Å². The average Bonchev–Trinajstić information content (AvgIpc) is 2.42. The van der Waals surface area contributed by atoms with Crippen LogP contribution in [0.3, 0.4) is 0 Å². The van der Waals surface area contributed by atoms with E-state index in [0.717, 1.165) is 23.4 Å². The molecule has 0 radical (unpaired) electrons. The highest BCUT2D eigenvalue weighted by molar-refractivity contribution is 5.41. The van der Waals surface area contributed by atoms with Gasteiger partial charge >= 0.3 is 0 Å². The normalized spacial score (nSPS) is 10.3. The molecule has 0 saturated carbocycles. The number of aliphatic hydroxyl groups is 1. The summed E-state index contributed by atoms with van der Waals surface area (Å²) in [5.74, 6) is 1.51. The molecular formula is C15H17NO2. The molecule has 0 aliphatic heterocycles. The SMILES string of the molecule is CNCc1ccccc1Oc1ccccc1CO. The smallest absolute Gasteiger partial charge is 0.132 e. The second-order valence-electron chi connectivity index (χ2n) is 4.01. The van der Waals surface area contributed by atoms with Gasteiger partial charge < -0.3 is 15.2 Å². The summed E-state index contributed by atoms with van der Waals surface area (Å²) in [6, 6.07) is 15.4. The highest BCUT2D eigenvalue weighted by Crippen LogP contribution is 2.27. The Kier molecular flexibility index (Phi) is 4.34. The van der Waals surface area contributed by atoms with E-state index in [1.54, 1.807) is 0 Å². The van der Waals surface area contributed by atoms with E-state index in [0.29, 0.717) is 5.75 Å². The maximum atomic E-state index is 9.28. The summed E-state index contributed by atoms with van der Waals surface area (Å²) in [5, 5.41) is 12.4. The third-order valence-corrected chi connectivity index (χ3v) is 2.70. The summed E-state index contributed by atoms with van der Waals surface area (Å²) in [5.41, 5.74) is 1.88. The van der Waals surface area contributed by atoms with Crippen LogP contribution in [0.1, 0.15) is 11.1 Å². The van der Waals surface area contributed by atoms with E-state index >= 15 is 0 Å². The van der Waals surface area contributed by atoms with Crippen LogP contribution in [0.15, 0.2) is 48.5 Å². The molecule has 0 atom stereocenters. The van der Waals surface area contributed by atoms with Gasteiger partial charge in [-0.15, -0.1) is 0 Å². The standard InChI is InChI=1S/C15H17NO2/c1-16-10-12-6-2-4-8-14(12)18-15-9-5-3-7-13(15)11-17/h2-9,16-17H,10-11H2,1H3. The van der Waals surface area contributed by atoms with Gasteiger partial charge in [0.25, 0.3) is 0 Å². The molecule has 3 nitrogen and oxygen atoms in total. The Morgan fingerprint density at radius 3 is 2.11 bits per heavy atom. The Labute approximate surface area is 107 Å². The third kappa shape index (κ3) is 2.88. The lowest BCUT2D eigenvalue weighted by atomic mass is 10.2. The number of para-hydroxylation sites is 2. The quantitative estimate of drug-likeness (QED) is 0.848. The summed E-state index contributed by atoms with van der Waals surface area (Å²) in [6.45, 7) is 0.724. The molecular weight excluding hydrogens is 226 g/mol. The van der Waals surface area contributed by atoms with Crippen molar-refractivity contribution >= 4 is 0 Å². The zero-order valence-corrected chi connectivity index (χ0v) is 10.4. The molecule has 0 unspecified atom stereocenters. The van der Waals surface area contributed by atoms with Crippen molar-refractivity contribution in [1.29, 1.82) is 0 Å². The molecule has 0 fully saturated rings. The maximum Gasteiger partial charge on any atom is 0.132 e. The van der Waals surface area contributed by atoms with Crippen LogP contribution in [0.5, 0.6) is 11.5 Å². The molecule has 2 N–H and O–H groups in total. The molecule has 0 heterocycles. The lowest BCUT2D eigenvalue weighted by Gasteiger charge is -2.13. The van der Waals surface area contributed by atoms with Gasteiger partial charge in [0, 0.05) is 17.7 Å². The zero-order valence-electron chi connectivity index (χ0n) is 10.4. The first-order valence-electron chi connectivity index (χ1n) is 5.94. The zero-order chi connectivity index (χ0) is 12.8. The average molecular weight is 243 g/mol. The van der Waals surface area contributed by atoms with Crippen LogP contribution in [-0.4, -0.2) is 12.2 Å². The summed E-state index contributed by atoms with van der Waals surface area (Å²) in [7, 11) is 1.90. The van der Waals surface area contributed by atoms with Crippen LogP contribution in [0, 0.1) is 0 Å². The molecule has 0 aliphatic carbocycles. The Morgan fingerprint density at radius 2 is 1.50 bits per heavy atom. The monoisotopic (exact) mass is 243 g/mol. The van der Waals surface area contributed by atoms with E-state index < -0.39 is 0 Å². The first-order valence-corrected chi connectivity index (χ1v) is 5.94. The van der Waals surface area contributed by atoms with Crippen LogP contribution in [0.25, 0.3) is 0 Å². The second kappa shape index (κ2) is 6.19. The minimum absolute atomic E-state index is 0.0234. The van der Waals surface area contributed by atoms with Crippen molar-refractivity contribution in [2.24, 2.45) is 0 Å². The van der Waals surface area contributed by atoms with E-state index in [-0.39, 0.29) is 6.61 Å². The second-order valence-corrected chi connectivity index (χ2v) is 4.01. The van der Waals surface area contributed by atoms with Crippen molar-refractivity contribution in [3.63, 3.8) is 0 Å². The van der Waals surface area contributed by atoms with Crippen molar-refractivity contribution in [2.45, 2.75) is 13.2 Å². The van der Waals surface area contributed by atoms with Crippen molar-refractivity contribution in [3.8, 4) is 11.5 Å². The molecule has 2 aromatic carbocycles. The number of benzene rings is 2. The maximum absolute atomic E-state index is 9.28. The number of nitrogens with one attached hydrogen (secondary N) is 1. The number of ether oxygens (including phenoxy) is 1. The summed E-state index contributed by atoms with van der Waals surface area (Å²) >= 11 is 0. The molecule has 18 heavy (non-hydrogen) atoms. The fourth-order valence-corrected chi connectivity index (χ4v) is 1.79. The van der Waals surface area contributed by atoms with Gasteiger partial charge in [0.1, 0.15) is 11.5 Å². The van der Waals surface area contributed by atoms with E-state index in [1.165, 1.54) is 0 Å². The van der Waals surface area contributed by atoms with E-state index in [1.807, 2.05) is 55.6 Å². The molecule has 2 aromatic rings. The lowest BCUT2D eigenvalue weighted by molar-refractivity contribution is 0.276. The van der Waals surface area contributed by atoms with Gasteiger partial charge in [-0.1, -0.05) is 36.4 Å². The van der Waals surface area contributed by atoms with E-state index in [4.69, 9.17) is 4.74 Å². The van der Waals surface area contributed by atoms with Gasteiger partial charge in [-0.2, -0.15) is 0 Å². The van der Waals surface area contributed by atoms with E-state index in [2.05, 4.69) is 5.32 Å². The topological polar surface area (TPSA) is 41.5 Å². The summed E-state index contributed by atoms with van der Waals surface area (Å²) < 4.78 is 5.88. The van der Waals surface area contributed by atoms with Gasteiger partial charge in [-0.05, 0) is 19.2 Å². The summed E-state index contributed by atoms with van der Waals surface area (Å²) in [6.07, 6.45) is 0. The van der Waals surface area contributed by atoms with Gasteiger partial charge in [0.2, 0.25) is 0 Å². The van der Waals surface area contributed by atoms with Crippen molar-refractivity contribution in [2.75, 3.05) is 7.05 Å². The van der Waals surface area contributed by atoms with E-state index in [9.17, 15) is 5.11 Å². The first kappa shape index (κ1) is 12.6. The first-order chi connectivity index (χ1) is 8.85. The Hall–Kier alpha value is -1.84. The molecule has 0 aromatic heterocycles. The molecule has 0 spiro atoms. The molecule has 94 valence electrons. The minimum atomic E-state index is -0.0234. The summed E-state index contributed by atoms with van der Waals surface area (Å²) in [4.78, 5) is 0. The fourth-order valence-electron chi connectivity index (χ4n) is 1.79. The highest BCUT2D eigenvalue weighted by Gasteiger charge is 2.06. The number of hydrogen-bond donors (Lipinski definition) is 2. The number of rotatable bonds is 5. The molecule has 2 rings (SSSR count). The fraction of sp³-hybridized carbons (Fsp3) is 0.200. The van der Waals surface area contributed by atoms with Crippen LogP contribution in [0.4, 0.5) is 0 Å². The number of aliphatic hydroxyl groups excluding tert-OH is 1. The van der Waals surface area contributed by atoms with Crippen LogP contribution >= 0.6 is 0 Å². The molecule has 0 saturated heterocycles. The van der Waals surface area contributed by atoms with Crippen molar-refractivity contribution in [3.05, 3.63) is 59.7 Å². The largest absolute Gasteiger partial charge is 0.457 e. The van der Waals surface area contributed by atoms with Crippen molar-refractivity contribution in [1.82, 2.24) is 5.32 Å². The molecule has 0 amide bonds. The number of hydrogen-bond acceptors (Lipinski definition) is 3. The minimum Gasteiger partial charge on any atom is -0.457 e. The predicted molar refractivity (Wildman–Crippen MR) is 71.6 cm³/mol. The molecule has 0 bridgehead atoms. The Morgan fingerprint density at radius 1 is 0.944 bits per heavy atom. The molecule has 0 aliphatic rings. The third-order valence-electron chi connectivity index (χ3n) is 2.70. The Bertz CT molecular complexity index is 511. The van der Waals surface area contributed by atoms with Crippen LogP contribution in [-0.2, 0) is 13.2 Å². The van der Waals surface area contributed by atoms with Crippen LogP contribution in [0.2, 0.25) is 0 Å². The Balaban J connectivity index is 2.28. The van der Waals surface area contributed by atoms with Gasteiger partial charge in [0.15, 0.2) is 0 Å². The van der Waals surface area contributed by atoms with Gasteiger partial charge in [0.05, 0.1) is 6.61 Å². The highest BCUT2D eigenvalue weighted by atomic mass is 16.5. The molecule has 3 heteroatoms. The van der Waals surface area contributed by atoms with Gasteiger partial charge in [-0.3, -0.25) is 0 Å². The predicted octanol–water partition coefficient (Wildman–Crippen LogP) is 2.69. The lowest BCUT2D eigenvalue weighted by Crippen LogP contribution is -2.06. The van der Waals surface area contributed by atoms with Gasteiger partial charge in [-0.25, -0.2) is 0 Å². The van der Waals surface area contributed by atoms with Crippen LogP contribution < -0.4 is 10.1 Å².